The molecule has 2 saturated heterocycles. The van der Waals surface area contributed by atoms with Crippen LogP contribution in [0.1, 0.15) is 19.3 Å². The average Bonchev–Trinajstić information content (AvgIpc) is 2.82. The molecule has 0 radical (unpaired) electrons. The van der Waals surface area contributed by atoms with Gasteiger partial charge in [-0.2, -0.15) is 0 Å². The van der Waals surface area contributed by atoms with Crippen LogP contribution >= 0.6 is 0 Å². The number of benzene rings is 1. The summed E-state index contributed by atoms with van der Waals surface area (Å²) in [4.78, 5) is 38.1. The first kappa shape index (κ1) is 15.6. The number of imide groups is 1. The first-order valence-electron chi connectivity index (χ1n) is 7.73. The zero-order valence-corrected chi connectivity index (χ0v) is 12.6. The highest BCUT2D eigenvalue weighted by molar-refractivity contribution is 6.21. The van der Waals surface area contributed by atoms with Crippen molar-refractivity contribution in [2.24, 2.45) is 11.7 Å². The van der Waals surface area contributed by atoms with Crippen molar-refractivity contribution in [2.75, 3.05) is 18.0 Å². The Hall–Kier alpha value is -2.28. The summed E-state index contributed by atoms with van der Waals surface area (Å²) < 4.78 is 13.3. The molecule has 1 aromatic carbocycles. The van der Waals surface area contributed by atoms with Gasteiger partial charge in [0.2, 0.25) is 11.8 Å². The molecule has 23 heavy (non-hydrogen) atoms. The van der Waals surface area contributed by atoms with Crippen molar-refractivity contribution >= 4 is 23.4 Å². The lowest BCUT2D eigenvalue weighted by atomic mass is 9.95. The largest absolute Gasteiger partial charge is 0.369 e. The fourth-order valence-corrected chi connectivity index (χ4v) is 3.46. The number of quaternary nitrogens is 1. The molecule has 0 aromatic heterocycles. The molecule has 122 valence electrons. The molecular weight excluding hydrogens is 301 g/mol. The summed E-state index contributed by atoms with van der Waals surface area (Å²) in [5, 5.41) is 0. The molecule has 2 fully saturated rings. The molecule has 3 N–H and O–H groups in total. The molecule has 2 heterocycles. The minimum atomic E-state index is -0.485. The lowest BCUT2D eigenvalue weighted by molar-refractivity contribution is -0.920. The van der Waals surface area contributed by atoms with Crippen molar-refractivity contribution in [1.29, 1.82) is 0 Å². The van der Waals surface area contributed by atoms with Crippen LogP contribution in [0.5, 0.6) is 0 Å². The molecule has 2 aliphatic rings. The van der Waals surface area contributed by atoms with E-state index in [2.05, 4.69) is 0 Å². The molecule has 0 aliphatic carbocycles. The van der Waals surface area contributed by atoms with Gasteiger partial charge >= 0.3 is 0 Å². The average molecular weight is 320 g/mol. The number of amides is 3. The zero-order chi connectivity index (χ0) is 16.6. The number of nitrogens with one attached hydrogen (secondary N) is 1. The van der Waals surface area contributed by atoms with Gasteiger partial charge in [0.05, 0.1) is 25.2 Å². The molecule has 0 saturated carbocycles. The molecule has 3 amide bonds. The highest BCUT2D eigenvalue weighted by atomic mass is 19.1. The second-order valence-electron chi connectivity index (χ2n) is 6.14. The number of nitrogens with zero attached hydrogens (tertiary/aromatic N) is 1. The smallest absolute Gasteiger partial charge is 0.292 e. The van der Waals surface area contributed by atoms with E-state index in [1.807, 2.05) is 0 Å². The molecule has 1 atom stereocenters. The van der Waals surface area contributed by atoms with Crippen molar-refractivity contribution in [1.82, 2.24) is 0 Å². The Morgan fingerprint density at radius 3 is 2.57 bits per heavy atom. The van der Waals surface area contributed by atoms with Crippen molar-refractivity contribution in [3.63, 3.8) is 0 Å². The quantitative estimate of drug-likeness (QED) is 0.718. The lowest BCUT2D eigenvalue weighted by Crippen LogP contribution is -3.17. The van der Waals surface area contributed by atoms with Crippen LogP contribution in [0.15, 0.2) is 24.3 Å². The maximum Gasteiger partial charge on any atom is 0.292 e. The Morgan fingerprint density at radius 1 is 1.26 bits per heavy atom. The van der Waals surface area contributed by atoms with Crippen LogP contribution in [-0.2, 0) is 14.4 Å². The molecular formula is C16H19FN3O3+. The van der Waals surface area contributed by atoms with Crippen molar-refractivity contribution in [3.8, 4) is 0 Å². The van der Waals surface area contributed by atoms with E-state index in [1.165, 1.54) is 18.2 Å². The van der Waals surface area contributed by atoms with Crippen LogP contribution in [0.4, 0.5) is 10.1 Å². The topological polar surface area (TPSA) is 84.9 Å². The van der Waals surface area contributed by atoms with E-state index in [0.717, 1.165) is 9.80 Å². The number of primary amides is 1. The van der Waals surface area contributed by atoms with Crippen molar-refractivity contribution in [2.45, 2.75) is 25.3 Å². The van der Waals surface area contributed by atoms with Gasteiger partial charge in [-0.3, -0.25) is 14.4 Å². The molecule has 7 heteroatoms. The predicted molar refractivity (Wildman–Crippen MR) is 79.9 cm³/mol. The molecule has 0 spiro atoms. The van der Waals surface area contributed by atoms with Crippen LogP contribution in [0.2, 0.25) is 0 Å². The van der Waals surface area contributed by atoms with Gasteiger partial charge in [-0.15, -0.1) is 0 Å². The predicted octanol–water partition coefficient (Wildman–Crippen LogP) is -0.762. The number of carbonyl (C=O) groups is 3. The van der Waals surface area contributed by atoms with Gasteiger partial charge in [-0.1, -0.05) is 6.07 Å². The van der Waals surface area contributed by atoms with E-state index in [9.17, 15) is 18.8 Å². The highest BCUT2D eigenvalue weighted by Gasteiger charge is 2.46. The standard InChI is InChI=1S/C16H18FN3O3/c17-11-2-1-3-12(8-11)20-14(21)9-13(16(20)23)19-6-4-10(5-7-19)15(18)22/h1-3,8,10,13H,4-7,9H2,(H2,18,22)/p+1. The van der Waals surface area contributed by atoms with E-state index in [4.69, 9.17) is 5.73 Å². The first-order chi connectivity index (χ1) is 11.0. The number of carbonyl (C=O) groups excluding carboxylic acids is 3. The minimum Gasteiger partial charge on any atom is -0.369 e. The molecule has 0 bridgehead atoms. The normalized spacial score (nSPS) is 28.2. The Bertz CT molecular complexity index is 656. The summed E-state index contributed by atoms with van der Waals surface area (Å²) >= 11 is 0. The third-order valence-corrected chi connectivity index (χ3v) is 4.74. The van der Waals surface area contributed by atoms with Gasteiger partial charge in [-0.05, 0) is 18.2 Å². The fraction of sp³-hybridized carbons (Fsp3) is 0.438. The van der Waals surface area contributed by atoms with E-state index < -0.39 is 11.9 Å². The molecule has 3 rings (SSSR count). The lowest BCUT2D eigenvalue weighted by Gasteiger charge is -2.30. The van der Waals surface area contributed by atoms with Gasteiger partial charge in [0.1, 0.15) is 5.82 Å². The summed E-state index contributed by atoms with van der Waals surface area (Å²) in [6, 6.07) is 5.03. The molecule has 6 nitrogen and oxygen atoms in total. The van der Waals surface area contributed by atoms with E-state index in [1.54, 1.807) is 6.07 Å². The zero-order valence-electron chi connectivity index (χ0n) is 12.6. The number of rotatable bonds is 3. The number of likely N-dealkylation sites (tertiary alicyclic amines) is 1. The third kappa shape index (κ3) is 2.96. The van der Waals surface area contributed by atoms with Crippen LogP contribution in [0.25, 0.3) is 0 Å². The van der Waals surface area contributed by atoms with E-state index in [0.29, 0.717) is 25.9 Å². The second kappa shape index (κ2) is 6.08. The Labute approximate surface area is 133 Å². The summed E-state index contributed by atoms with van der Waals surface area (Å²) in [6.45, 7) is 1.27. The number of anilines is 1. The Balaban J connectivity index is 1.73. The first-order valence-corrected chi connectivity index (χ1v) is 7.73. The Kier molecular flexibility index (Phi) is 4.12. The van der Waals surface area contributed by atoms with Gasteiger partial charge in [0.15, 0.2) is 6.04 Å². The number of piperidine rings is 1. The van der Waals surface area contributed by atoms with Crippen LogP contribution < -0.4 is 15.5 Å². The van der Waals surface area contributed by atoms with E-state index in [-0.39, 0.29) is 35.7 Å². The number of hydrogen-bond donors (Lipinski definition) is 2. The number of halogens is 1. The molecule has 1 aromatic rings. The van der Waals surface area contributed by atoms with Crippen molar-refractivity contribution < 1.29 is 23.7 Å². The van der Waals surface area contributed by atoms with Crippen LogP contribution in [0.3, 0.4) is 0 Å². The SMILES string of the molecule is NC(=O)C1CC[NH+](C2CC(=O)N(c3cccc(F)c3)C2=O)CC1. The highest BCUT2D eigenvalue weighted by Crippen LogP contribution is 2.23. The number of hydrogen-bond acceptors (Lipinski definition) is 3. The maximum absolute atomic E-state index is 13.3. The van der Waals surface area contributed by atoms with Gasteiger partial charge < -0.3 is 10.6 Å². The van der Waals surface area contributed by atoms with Crippen LogP contribution in [0, 0.1) is 11.7 Å². The molecule has 2 aliphatic heterocycles. The monoisotopic (exact) mass is 320 g/mol. The Morgan fingerprint density at radius 2 is 1.96 bits per heavy atom. The third-order valence-electron chi connectivity index (χ3n) is 4.74. The minimum absolute atomic E-state index is 0.117. The summed E-state index contributed by atoms with van der Waals surface area (Å²) in [6.07, 6.45) is 1.37. The van der Waals surface area contributed by atoms with Gasteiger partial charge in [-0.25, -0.2) is 9.29 Å². The van der Waals surface area contributed by atoms with Gasteiger partial charge in [0, 0.05) is 18.8 Å². The maximum atomic E-state index is 13.3. The second-order valence-corrected chi connectivity index (χ2v) is 6.14. The summed E-state index contributed by atoms with van der Waals surface area (Å²) in [5.74, 6) is -1.55. The van der Waals surface area contributed by atoms with E-state index >= 15 is 0 Å². The molecule has 1 unspecified atom stereocenters. The summed E-state index contributed by atoms with van der Waals surface area (Å²) in [7, 11) is 0. The fourth-order valence-electron chi connectivity index (χ4n) is 3.46. The van der Waals surface area contributed by atoms with Gasteiger partial charge in [0.25, 0.3) is 5.91 Å². The van der Waals surface area contributed by atoms with Crippen LogP contribution in [-0.4, -0.2) is 36.9 Å². The summed E-state index contributed by atoms with van der Waals surface area (Å²) in [5.41, 5.74) is 5.59. The number of nitrogens with two attached hydrogens (primary N) is 1. The van der Waals surface area contributed by atoms with Crippen molar-refractivity contribution in [3.05, 3.63) is 30.1 Å².